The molecular formula is C26H38O10. The highest BCUT2D eigenvalue weighted by molar-refractivity contribution is 6.19. The van der Waals surface area contributed by atoms with Gasteiger partial charge in [0.25, 0.3) is 0 Å². The fourth-order valence-corrected chi connectivity index (χ4v) is 8.00. The molecule has 0 aromatic heterocycles. The Morgan fingerprint density at radius 1 is 1.03 bits per heavy atom. The summed E-state index contributed by atoms with van der Waals surface area (Å²) >= 11 is 0. The van der Waals surface area contributed by atoms with Gasteiger partial charge in [-0.25, -0.2) is 0 Å². The maximum absolute atomic E-state index is 14.3. The lowest BCUT2D eigenvalue weighted by Gasteiger charge is -2.59. The van der Waals surface area contributed by atoms with Gasteiger partial charge in [0.2, 0.25) is 0 Å². The highest BCUT2D eigenvalue weighted by Crippen LogP contribution is 2.67. The summed E-state index contributed by atoms with van der Waals surface area (Å²) in [4.78, 5) is 28.2. The first-order valence-electron chi connectivity index (χ1n) is 12.9. The molecule has 0 bridgehead atoms. The lowest BCUT2D eigenvalue weighted by Crippen LogP contribution is -2.63. The van der Waals surface area contributed by atoms with Crippen molar-refractivity contribution in [3.8, 4) is 0 Å². The Balaban J connectivity index is 1.56. The molecule has 5 rings (SSSR count). The van der Waals surface area contributed by atoms with Crippen molar-refractivity contribution in [2.24, 2.45) is 28.1 Å². The Kier molecular flexibility index (Phi) is 6.14. The molecule has 10 nitrogen and oxygen atoms in total. The third-order valence-corrected chi connectivity index (χ3v) is 10.1. The van der Waals surface area contributed by atoms with Crippen molar-refractivity contribution in [1.29, 1.82) is 0 Å². The molecule has 6 N–H and O–H groups in total. The molecule has 2 saturated carbocycles. The topological polar surface area (TPSA) is 174 Å². The minimum absolute atomic E-state index is 0.0253. The Bertz CT molecular complexity index is 989. The molecular weight excluding hydrogens is 472 g/mol. The minimum Gasteiger partial charge on any atom is -0.394 e. The minimum atomic E-state index is -1.70. The summed E-state index contributed by atoms with van der Waals surface area (Å²) in [7, 11) is 0. The van der Waals surface area contributed by atoms with Crippen molar-refractivity contribution in [1.82, 2.24) is 0 Å². The average Bonchev–Trinajstić information content (AvgIpc) is 3.48. The van der Waals surface area contributed by atoms with Gasteiger partial charge in [0.1, 0.15) is 30.5 Å². The van der Waals surface area contributed by atoms with Gasteiger partial charge in [-0.1, -0.05) is 27.7 Å². The van der Waals surface area contributed by atoms with Crippen LogP contribution in [-0.4, -0.2) is 97.8 Å². The average molecular weight is 511 g/mol. The van der Waals surface area contributed by atoms with Gasteiger partial charge >= 0.3 is 0 Å². The molecule has 0 aromatic rings. The number of hydrogen-bond donors (Lipinski definition) is 6. The molecule has 1 aliphatic heterocycles. The van der Waals surface area contributed by atoms with Crippen LogP contribution in [0.1, 0.15) is 53.4 Å². The highest BCUT2D eigenvalue weighted by Gasteiger charge is 2.72. The number of Topliss-reactive ketones (excluding diaryl/α,β-unsaturated/α-hetero) is 2. The summed E-state index contributed by atoms with van der Waals surface area (Å²) in [6.07, 6.45) is -9.34. The zero-order valence-corrected chi connectivity index (χ0v) is 21.1. The van der Waals surface area contributed by atoms with E-state index in [1.54, 1.807) is 0 Å². The first kappa shape index (κ1) is 26.4. The van der Waals surface area contributed by atoms with E-state index in [0.717, 1.165) is 0 Å². The molecule has 0 radical (unpaired) electrons. The Morgan fingerprint density at radius 2 is 1.67 bits per heavy atom. The van der Waals surface area contributed by atoms with Crippen LogP contribution in [0.4, 0.5) is 0 Å². The van der Waals surface area contributed by atoms with Crippen molar-refractivity contribution < 1.29 is 49.7 Å². The van der Waals surface area contributed by atoms with Crippen molar-refractivity contribution in [3.05, 3.63) is 11.1 Å². The number of carbonyl (C=O) groups excluding carboxylic acids is 2. The van der Waals surface area contributed by atoms with Gasteiger partial charge in [0, 0.05) is 28.9 Å². The summed E-state index contributed by atoms with van der Waals surface area (Å²) in [5, 5.41) is 62.4. The van der Waals surface area contributed by atoms with E-state index in [-0.39, 0.29) is 18.1 Å². The standard InChI is InChI=1S/C26H38O10/c1-10-8-26(10)21(34)11-7-12(28)20-24(2,3)14(29)5-6-25(20,4)15(11)17(31)22(26)36-23-19(33)18(32)16(30)13(9-27)35-23/h10,12-14,16,18-20,22-23,27-30,32-33H,5-9H2,1-4H3/t10?,12-,13-,14+,16-,18+,19-,20?,22?,23+,25-,26?/m1/s1. The van der Waals surface area contributed by atoms with Crippen LogP contribution < -0.4 is 0 Å². The number of aliphatic hydroxyl groups is 6. The van der Waals surface area contributed by atoms with E-state index < -0.39 is 83.6 Å². The van der Waals surface area contributed by atoms with Crippen LogP contribution in [0.2, 0.25) is 0 Å². The van der Waals surface area contributed by atoms with E-state index in [1.165, 1.54) is 0 Å². The van der Waals surface area contributed by atoms with Gasteiger partial charge < -0.3 is 40.1 Å². The molecule has 5 aliphatic rings. The van der Waals surface area contributed by atoms with Crippen LogP contribution in [-0.2, 0) is 19.1 Å². The summed E-state index contributed by atoms with van der Waals surface area (Å²) < 4.78 is 11.5. The van der Waals surface area contributed by atoms with Crippen LogP contribution in [0.3, 0.4) is 0 Å². The largest absolute Gasteiger partial charge is 0.394 e. The number of hydrogen-bond acceptors (Lipinski definition) is 10. The predicted molar refractivity (Wildman–Crippen MR) is 123 cm³/mol. The third kappa shape index (κ3) is 3.32. The molecule has 1 heterocycles. The predicted octanol–water partition coefficient (Wildman–Crippen LogP) is -0.786. The smallest absolute Gasteiger partial charge is 0.189 e. The fourth-order valence-electron chi connectivity index (χ4n) is 8.00. The summed E-state index contributed by atoms with van der Waals surface area (Å²) in [6.45, 7) is 6.80. The van der Waals surface area contributed by atoms with Crippen molar-refractivity contribution in [2.45, 2.75) is 102 Å². The quantitative estimate of drug-likeness (QED) is 0.282. The summed E-state index contributed by atoms with van der Waals surface area (Å²) in [6, 6.07) is 0. The molecule has 12 atom stereocenters. The fraction of sp³-hybridized carbons (Fsp3) is 0.846. The summed E-state index contributed by atoms with van der Waals surface area (Å²) in [5.74, 6) is -1.31. The summed E-state index contributed by atoms with van der Waals surface area (Å²) in [5.41, 5.74) is -2.09. The first-order valence-corrected chi connectivity index (χ1v) is 12.9. The molecule has 10 heteroatoms. The van der Waals surface area contributed by atoms with Gasteiger partial charge in [0.05, 0.1) is 24.2 Å². The molecule has 1 saturated heterocycles. The van der Waals surface area contributed by atoms with E-state index in [0.29, 0.717) is 30.4 Å². The monoisotopic (exact) mass is 510 g/mol. The van der Waals surface area contributed by atoms with E-state index >= 15 is 0 Å². The lowest BCUT2D eigenvalue weighted by atomic mass is 9.46. The van der Waals surface area contributed by atoms with E-state index in [4.69, 9.17) is 9.47 Å². The molecule has 1 spiro atoms. The maximum Gasteiger partial charge on any atom is 0.189 e. The molecule has 202 valence electrons. The van der Waals surface area contributed by atoms with E-state index in [9.17, 15) is 40.2 Å². The van der Waals surface area contributed by atoms with Crippen LogP contribution in [0, 0.1) is 28.1 Å². The zero-order chi connectivity index (χ0) is 26.5. The second-order valence-corrected chi connectivity index (χ2v) is 12.4. The zero-order valence-electron chi connectivity index (χ0n) is 21.1. The number of carbonyl (C=O) groups is 2. The molecule has 4 aliphatic carbocycles. The molecule has 0 amide bonds. The van der Waals surface area contributed by atoms with Gasteiger partial charge in [-0.15, -0.1) is 0 Å². The Hall–Kier alpha value is -1.24. The third-order valence-electron chi connectivity index (χ3n) is 10.1. The van der Waals surface area contributed by atoms with Gasteiger partial charge in [0.15, 0.2) is 17.9 Å². The second-order valence-electron chi connectivity index (χ2n) is 12.4. The van der Waals surface area contributed by atoms with Crippen LogP contribution in [0.5, 0.6) is 0 Å². The molecule has 36 heavy (non-hydrogen) atoms. The van der Waals surface area contributed by atoms with Gasteiger partial charge in [-0.05, 0) is 30.6 Å². The Morgan fingerprint density at radius 3 is 2.25 bits per heavy atom. The van der Waals surface area contributed by atoms with Crippen molar-refractivity contribution in [2.75, 3.05) is 6.61 Å². The molecule has 0 aromatic carbocycles. The Labute approximate surface area is 209 Å². The van der Waals surface area contributed by atoms with Crippen molar-refractivity contribution >= 4 is 11.6 Å². The normalized spacial score (nSPS) is 52.3. The number of fused-ring (bicyclic) bond motifs is 2. The number of aliphatic hydroxyl groups excluding tert-OH is 6. The van der Waals surface area contributed by atoms with Crippen LogP contribution in [0.25, 0.3) is 0 Å². The molecule has 3 fully saturated rings. The second kappa shape index (κ2) is 8.38. The highest BCUT2D eigenvalue weighted by atomic mass is 16.7. The lowest BCUT2D eigenvalue weighted by molar-refractivity contribution is -0.312. The van der Waals surface area contributed by atoms with Crippen molar-refractivity contribution in [3.63, 3.8) is 0 Å². The van der Waals surface area contributed by atoms with Gasteiger partial charge in [-0.2, -0.15) is 0 Å². The maximum atomic E-state index is 14.3. The number of rotatable bonds is 3. The SMILES string of the molecule is CC1CC12C(=O)C1=C(C(=O)C2O[C@@H]2O[C@H](CO)[C@@H](O)[C@H](O)[C@H]2O)[C@@]2(C)CC[C@H](O)C(C)(C)C2[C@H](O)C1. The van der Waals surface area contributed by atoms with E-state index in [2.05, 4.69) is 0 Å². The number of ether oxygens (including phenoxy) is 2. The first-order chi connectivity index (χ1) is 16.7. The van der Waals surface area contributed by atoms with Gasteiger partial charge in [-0.3, -0.25) is 9.59 Å². The number of ketones is 2. The van der Waals surface area contributed by atoms with Crippen LogP contribution >= 0.6 is 0 Å². The van der Waals surface area contributed by atoms with Crippen LogP contribution in [0.15, 0.2) is 11.1 Å². The molecule has 4 unspecified atom stereocenters. The van der Waals surface area contributed by atoms with E-state index in [1.807, 2.05) is 27.7 Å².